The van der Waals surface area contributed by atoms with Crippen LogP contribution in [0.25, 0.3) is 0 Å². The van der Waals surface area contributed by atoms with Gasteiger partial charge in [-0.1, -0.05) is 26.7 Å². The van der Waals surface area contributed by atoms with E-state index in [2.05, 4.69) is 0 Å². The summed E-state index contributed by atoms with van der Waals surface area (Å²) in [5.41, 5.74) is 0. The summed E-state index contributed by atoms with van der Waals surface area (Å²) in [6.07, 6.45) is 8.81. The van der Waals surface area contributed by atoms with Gasteiger partial charge in [-0.15, -0.1) is 0 Å². The van der Waals surface area contributed by atoms with Gasteiger partial charge in [-0.05, 0) is 31.6 Å². The van der Waals surface area contributed by atoms with Gasteiger partial charge in [0.05, 0.1) is 6.61 Å². The second kappa shape index (κ2) is 8.73. The third kappa shape index (κ3) is 7.65. The zero-order chi connectivity index (χ0) is 14.1. The van der Waals surface area contributed by atoms with E-state index in [1.165, 1.54) is 12.8 Å². The second-order valence-electron chi connectivity index (χ2n) is 5.41. The van der Waals surface area contributed by atoms with Gasteiger partial charge in [0.25, 0.3) is 0 Å². The molecule has 108 valence electrons. The summed E-state index contributed by atoms with van der Waals surface area (Å²) >= 11 is 0. The fourth-order valence-electron chi connectivity index (χ4n) is 2.00. The molecule has 1 fully saturated rings. The van der Waals surface area contributed by atoms with Crippen LogP contribution in [-0.4, -0.2) is 24.6 Å². The van der Waals surface area contributed by atoms with Crippen LogP contribution in [-0.2, 0) is 19.1 Å². The molecule has 0 aliphatic heterocycles. The summed E-state index contributed by atoms with van der Waals surface area (Å²) in [4.78, 5) is 22.8. The number of carbonyl (C=O) groups excluding carboxylic acids is 2. The maximum absolute atomic E-state index is 11.5. The van der Waals surface area contributed by atoms with Crippen molar-refractivity contribution in [2.45, 2.75) is 58.5 Å². The van der Waals surface area contributed by atoms with E-state index in [-0.39, 0.29) is 12.0 Å². The monoisotopic (exact) mass is 268 g/mol. The molecule has 0 heterocycles. The molecule has 0 aromatic carbocycles. The van der Waals surface area contributed by atoms with Crippen molar-refractivity contribution in [3.63, 3.8) is 0 Å². The second-order valence-corrected chi connectivity index (χ2v) is 5.41. The highest BCUT2D eigenvalue weighted by atomic mass is 16.5. The molecule has 0 unspecified atom stereocenters. The minimum absolute atomic E-state index is 0.00587. The van der Waals surface area contributed by atoms with Gasteiger partial charge >= 0.3 is 11.9 Å². The average Bonchev–Trinajstić information content (AvgIpc) is 2.62. The highest BCUT2D eigenvalue weighted by Gasteiger charge is 2.15. The molecule has 0 aromatic rings. The van der Waals surface area contributed by atoms with Crippen LogP contribution in [0.3, 0.4) is 0 Å². The highest BCUT2D eigenvalue weighted by molar-refractivity contribution is 5.91. The predicted octanol–water partition coefficient (Wildman–Crippen LogP) is 3.01. The molecule has 1 rings (SSSR count). The van der Waals surface area contributed by atoms with E-state index in [9.17, 15) is 9.59 Å². The minimum atomic E-state index is -0.494. The molecule has 0 spiro atoms. The van der Waals surface area contributed by atoms with E-state index in [0.29, 0.717) is 6.61 Å². The lowest BCUT2D eigenvalue weighted by molar-refractivity contribution is -0.144. The number of carbonyl (C=O) groups is 2. The van der Waals surface area contributed by atoms with Crippen LogP contribution in [0.5, 0.6) is 0 Å². The zero-order valence-corrected chi connectivity index (χ0v) is 11.9. The molecule has 0 saturated heterocycles. The van der Waals surface area contributed by atoms with Gasteiger partial charge < -0.3 is 9.47 Å². The molecule has 0 N–H and O–H groups in total. The summed E-state index contributed by atoms with van der Waals surface area (Å²) in [5, 5.41) is 0. The van der Waals surface area contributed by atoms with Crippen molar-refractivity contribution in [3.8, 4) is 0 Å². The highest BCUT2D eigenvalue weighted by Crippen LogP contribution is 2.19. The molecule has 1 aliphatic rings. The van der Waals surface area contributed by atoms with Crippen LogP contribution in [0.4, 0.5) is 0 Å². The molecule has 0 aromatic heterocycles. The van der Waals surface area contributed by atoms with Crippen molar-refractivity contribution in [1.29, 1.82) is 0 Å². The van der Waals surface area contributed by atoms with Crippen LogP contribution in [0.15, 0.2) is 12.2 Å². The van der Waals surface area contributed by atoms with Gasteiger partial charge in [0.15, 0.2) is 0 Å². The number of ether oxygens (including phenoxy) is 2. The summed E-state index contributed by atoms with van der Waals surface area (Å²) < 4.78 is 10.2. The Morgan fingerprint density at radius 3 is 2.21 bits per heavy atom. The van der Waals surface area contributed by atoms with E-state index < -0.39 is 11.9 Å². The Hall–Kier alpha value is -1.32. The Labute approximate surface area is 115 Å². The van der Waals surface area contributed by atoms with Crippen molar-refractivity contribution in [2.75, 3.05) is 6.61 Å². The molecule has 19 heavy (non-hydrogen) atoms. The first kappa shape index (κ1) is 15.7. The lowest BCUT2D eigenvalue weighted by Gasteiger charge is -2.13. The predicted molar refractivity (Wildman–Crippen MR) is 72.5 cm³/mol. The zero-order valence-electron chi connectivity index (χ0n) is 11.9. The smallest absolute Gasteiger partial charge is 0.331 e. The number of hydrogen-bond donors (Lipinski definition) is 0. The molecule has 0 bridgehead atoms. The fraction of sp³-hybridized carbons (Fsp3) is 0.733. The van der Waals surface area contributed by atoms with Crippen LogP contribution >= 0.6 is 0 Å². The van der Waals surface area contributed by atoms with Crippen LogP contribution in [0.1, 0.15) is 52.4 Å². The van der Waals surface area contributed by atoms with Crippen molar-refractivity contribution >= 4 is 11.9 Å². The van der Waals surface area contributed by atoms with Gasteiger partial charge in [0.2, 0.25) is 0 Å². The third-order valence-electron chi connectivity index (χ3n) is 3.00. The average molecular weight is 268 g/mol. The first-order valence-electron chi connectivity index (χ1n) is 7.13. The molecule has 0 amide bonds. The Balaban J connectivity index is 2.27. The van der Waals surface area contributed by atoms with Gasteiger partial charge in [0.1, 0.15) is 6.10 Å². The van der Waals surface area contributed by atoms with E-state index in [4.69, 9.17) is 9.47 Å². The van der Waals surface area contributed by atoms with Gasteiger partial charge in [0, 0.05) is 12.2 Å². The SMILES string of the molecule is CC(C)COC(=O)/C=C/C(=O)OC1CCCCCC1. The van der Waals surface area contributed by atoms with Crippen LogP contribution in [0, 0.1) is 5.92 Å². The molecule has 4 heteroatoms. The quantitative estimate of drug-likeness (QED) is 0.437. The summed E-state index contributed by atoms with van der Waals surface area (Å²) in [5.74, 6) is -0.657. The lowest BCUT2D eigenvalue weighted by Crippen LogP contribution is -2.16. The third-order valence-corrected chi connectivity index (χ3v) is 3.00. The summed E-state index contributed by atoms with van der Waals surface area (Å²) in [6, 6.07) is 0. The Morgan fingerprint density at radius 1 is 1.05 bits per heavy atom. The molecule has 4 nitrogen and oxygen atoms in total. The van der Waals surface area contributed by atoms with Gasteiger partial charge in [-0.25, -0.2) is 9.59 Å². The normalized spacial score (nSPS) is 17.4. The van der Waals surface area contributed by atoms with Crippen molar-refractivity contribution < 1.29 is 19.1 Å². The molecule has 0 radical (unpaired) electrons. The maximum Gasteiger partial charge on any atom is 0.331 e. The topological polar surface area (TPSA) is 52.6 Å². The standard InChI is InChI=1S/C15H24O4/c1-12(2)11-18-14(16)9-10-15(17)19-13-7-5-3-4-6-8-13/h9-10,12-13H,3-8,11H2,1-2H3/b10-9+. The maximum atomic E-state index is 11.5. The van der Waals surface area contributed by atoms with E-state index in [1.807, 2.05) is 13.8 Å². The first-order valence-corrected chi connectivity index (χ1v) is 7.13. The molecule has 1 saturated carbocycles. The van der Waals surface area contributed by atoms with Crippen LogP contribution in [0.2, 0.25) is 0 Å². The Bertz CT molecular complexity index is 312. The Morgan fingerprint density at radius 2 is 1.63 bits per heavy atom. The van der Waals surface area contributed by atoms with Crippen molar-refractivity contribution in [2.24, 2.45) is 5.92 Å². The van der Waals surface area contributed by atoms with Crippen LogP contribution < -0.4 is 0 Å². The largest absolute Gasteiger partial charge is 0.462 e. The molecular formula is C15H24O4. The summed E-state index contributed by atoms with van der Waals surface area (Å²) in [7, 11) is 0. The number of rotatable bonds is 5. The fourth-order valence-corrected chi connectivity index (χ4v) is 2.00. The van der Waals surface area contributed by atoms with E-state index in [0.717, 1.165) is 37.8 Å². The van der Waals surface area contributed by atoms with Gasteiger partial charge in [-0.3, -0.25) is 0 Å². The summed E-state index contributed by atoms with van der Waals surface area (Å²) in [6.45, 7) is 4.27. The molecule has 1 aliphatic carbocycles. The molecular weight excluding hydrogens is 244 g/mol. The van der Waals surface area contributed by atoms with E-state index >= 15 is 0 Å². The number of esters is 2. The van der Waals surface area contributed by atoms with Gasteiger partial charge in [-0.2, -0.15) is 0 Å². The molecule has 0 atom stereocenters. The minimum Gasteiger partial charge on any atom is -0.462 e. The van der Waals surface area contributed by atoms with Crippen molar-refractivity contribution in [1.82, 2.24) is 0 Å². The number of hydrogen-bond acceptors (Lipinski definition) is 4. The van der Waals surface area contributed by atoms with Crippen molar-refractivity contribution in [3.05, 3.63) is 12.2 Å². The first-order chi connectivity index (χ1) is 9.08. The lowest BCUT2D eigenvalue weighted by atomic mass is 10.1. The Kier molecular flexibility index (Phi) is 7.23. The van der Waals surface area contributed by atoms with E-state index in [1.54, 1.807) is 0 Å².